The molecule has 1 aromatic heterocycles. The number of ether oxygens (including phenoxy) is 1. The summed E-state index contributed by atoms with van der Waals surface area (Å²) in [6.07, 6.45) is -1.99. The maximum absolute atomic E-state index is 13.4. The highest BCUT2D eigenvalue weighted by Gasteiger charge is 2.39. The van der Waals surface area contributed by atoms with E-state index in [-0.39, 0.29) is 23.5 Å². The monoisotopic (exact) mass is 438 g/mol. The lowest BCUT2D eigenvalue weighted by atomic mass is 10.1. The van der Waals surface area contributed by atoms with Gasteiger partial charge in [-0.3, -0.25) is 14.5 Å². The van der Waals surface area contributed by atoms with Crippen LogP contribution in [0.4, 0.5) is 29.5 Å². The molecule has 2 amide bonds. The van der Waals surface area contributed by atoms with Gasteiger partial charge in [-0.1, -0.05) is 6.08 Å². The van der Waals surface area contributed by atoms with Gasteiger partial charge in [-0.2, -0.15) is 13.2 Å². The molecule has 0 N–H and O–H groups in total. The zero-order valence-electron chi connectivity index (χ0n) is 16.5. The molecular formula is C21H21F3N2O3S. The van der Waals surface area contributed by atoms with Crippen molar-refractivity contribution in [3.8, 4) is 0 Å². The van der Waals surface area contributed by atoms with Gasteiger partial charge in [0.25, 0.3) is 11.8 Å². The number of methoxy groups -OCH3 is 1. The molecule has 0 radical (unpaired) electrons. The SMILES string of the molecule is CCN1C(=O)/C(=C/CCCOC)C(=O)N(c2cccs2)c2cc(C(F)(F)F)ccc21. The fourth-order valence-corrected chi connectivity index (χ4v) is 4.00. The molecule has 0 spiro atoms. The van der Waals surface area contributed by atoms with Gasteiger partial charge in [0.1, 0.15) is 10.6 Å². The first-order valence-corrected chi connectivity index (χ1v) is 10.3. The standard InChI is InChI=1S/C21H21F3N2O3S/c1-3-25-16-10-9-14(21(22,23)24)13-17(16)26(18-8-6-12-30-18)20(28)15(19(25)27)7-4-5-11-29-2/h6-10,12-13H,3-5,11H2,1-2H3/b15-7-. The van der Waals surface area contributed by atoms with Gasteiger partial charge in [0.05, 0.1) is 16.9 Å². The zero-order chi connectivity index (χ0) is 21.9. The minimum absolute atomic E-state index is 0.0350. The number of thiophene rings is 1. The van der Waals surface area contributed by atoms with Crippen molar-refractivity contribution >= 4 is 39.5 Å². The molecule has 0 unspecified atom stereocenters. The van der Waals surface area contributed by atoms with Crippen LogP contribution in [0.2, 0.25) is 0 Å². The summed E-state index contributed by atoms with van der Waals surface area (Å²) >= 11 is 1.21. The molecule has 1 aliphatic heterocycles. The number of carbonyl (C=O) groups is 2. The summed E-state index contributed by atoms with van der Waals surface area (Å²) in [6.45, 7) is 2.39. The second kappa shape index (κ2) is 9.01. The number of hydrogen-bond donors (Lipinski definition) is 0. The van der Waals surface area contributed by atoms with Gasteiger partial charge < -0.3 is 9.64 Å². The number of carbonyl (C=O) groups excluding carboxylic acids is 2. The molecule has 0 saturated heterocycles. The Morgan fingerprint density at radius 1 is 1.13 bits per heavy atom. The molecule has 0 fully saturated rings. The van der Waals surface area contributed by atoms with Crippen molar-refractivity contribution in [1.29, 1.82) is 0 Å². The van der Waals surface area contributed by atoms with E-state index in [9.17, 15) is 22.8 Å². The number of hydrogen-bond acceptors (Lipinski definition) is 4. The van der Waals surface area contributed by atoms with Crippen LogP contribution in [-0.2, 0) is 20.5 Å². The van der Waals surface area contributed by atoms with E-state index in [1.54, 1.807) is 37.6 Å². The lowest BCUT2D eigenvalue weighted by molar-refractivity contribution is -0.137. The van der Waals surface area contributed by atoms with Gasteiger partial charge in [0.15, 0.2) is 0 Å². The normalized spacial score (nSPS) is 16.2. The van der Waals surface area contributed by atoms with Crippen LogP contribution in [0, 0.1) is 0 Å². The van der Waals surface area contributed by atoms with E-state index < -0.39 is 23.6 Å². The molecule has 0 atom stereocenters. The summed E-state index contributed by atoms with van der Waals surface area (Å²) in [5, 5.41) is 2.16. The van der Waals surface area contributed by atoms with Crippen molar-refractivity contribution in [3.05, 3.63) is 52.9 Å². The van der Waals surface area contributed by atoms with Crippen LogP contribution in [0.1, 0.15) is 25.3 Å². The highest BCUT2D eigenvalue weighted by atomic mass is 32.1. The summed E-state index contributed by atoms with van der Waals surface area (Å²) in [5.41, 5.74) is -0.650. The van der Waals surface area contributed by atoms with Crippen molar-refractivity contribution in [3.63, 3.8) is 0 Å². The molecule has 0 saturated carbocycles. The summed E-state index contributed by atoms with van der Waals surface area (Å²) < 4.78 is 45.2. The van der Waals surface area contributed by atoms with Crippen molar-refractivity contribution in [2.24, 2.45) is 0 Å². The third-order valence-electron chi connectivity index (χ3n) is 4.69. The molecule has 0 bridgehead atoms. The largest absolute Gasteiger partial charge is 0.416 e. The predicted octanol–water partition coefficient (Wildman–Crippen LogP) is 5.15. The summed E-state index contributed by atoms with van der Waals surface area (Å²) in [6, 6.07) is 6.45. The van der Waals surface area contributed by atoms with Crippen LogP contribution in [-0.4, -0.2) is 32.1 Å². The van der Waals surface area contributed by atoms with Crippen LogP contribution < -0.4 is 9.80 Å². The minimum Gasteiger partial charge on any atom is -0.385 e. The number of unbranched alkanes of at least 4 members (excludes halogenated alkanes) is 1. The molecule has 3 rings (SSSR count). The fourth-order valence-electron chi connectivity index (χ4n) is 3.26. The Bertz CT molecular complexity index is 955. The average Bonchev–Trinajstić information content (AvgIpc) is 3.20. The van der Waals surface area contributed by atoms with Gasteiger partial charge in [-0.15, -0.1) is 11.3 Å². The summed E-state index contributed by atoms with van der Waals surface area (Å²) in [5.74, 6) is -1.17. The van der Waals surface area contributed by atoms with E-state index >= 15 is 0 Å². The van der Waals surface area contributed by atoms with Crippen LogP contribution in [0.25, 0.3) is 0 Å². The third kappa shape index (κ3) is 4.27. The van der Waals surface area contributed by atoms with E-state index in [0.717, 1.165) is 12.1 Å². The summed E-state index contributed by atoms with van der Waals surface area (Å²) in [4.78, 5) is 29.1. The van der Waals surface area contributed by atoms with Gasteiger partial charge in [-0.05, 0) is 55.5 Å². The van der Waals surface area contributed by atoms with Crippen LogP contribution >= 0.6 is 11.3 Å². The average molecular weight is 438 g/mol. The molecule has 160 valence electrons. The van der Waals surface area contributed by atoms with E-state index in [1.165, 1.54) is 27.2 Å². The van der Waals surface area contributed by atoms with E-state index in [4.69, 9.17) is 4.74 Å². The van der Waals surface area contributed by atoms with Crippen molar-refractivity contribution in [2.75, 3.05) is 30.1 Å². The molecule has 1 aromatic carbocycles. The van der Waals surface area contributed by atoms with Crippen LogP contribution in [0.3, 0.4) is 0 Å². The van der Waals surface area contributed by atoms with Gasteiger partial charge in [0.2, 0.25) is 0 Å². The highest BCUT2D eigenvalue weighted by molar-refractivity contribution is 7.14. The van der Waals surface area contributed by atoms with Crippen LogP contribution in [0.15, 0.2) is 47.4 Å². The van der Waals surface area contributed by atoms with Crippen molar-refractivity contribution in [2.45, 2.75) is 25.9 Å². The number of anilines is 3. The second-order valence-electron chi connectivity index (χ2n) is 6.60. The number of alkyl halides is 3. The fraction of sp³-hybridized carbons (Fsp3) is 0.333. The number of halogens is 3. The molecule has 2 heterocycles. The smallest absolute Gasteiger partial charge is 0.385 e. The third-order valence-corrected chi connectivity index (χ3v) is 5.54. The topological polar surface area (TPSA) is 49.9 Å². The summed E-state index contributed by atoms with van der Waals surface area (Å²) in [7, 11) is 1.56. The van der Waals surface area contributed by atoms with Gasteiger partial charge in [-0.25, -0.2) is 0 Å². The molecular weight excluding hydrogens is 417 g/mol. The van der Waals surface area contributed by atoms with E-state index in [2.05, 4.69) is 0 Å². The lowest BCUT2D eigenvalue weighted by Gasteiger charge is -2.24. The van der Waals surface area contributed by atoms with Crippen molar-refractivity contribution in [1.82, 2.24) is 0 Å². The quantitative estimate of drug-likeness (QED) is 0.356. The highest BCUT2D eigenvalue weighted by Crippen LogP contribution is 2.43. The molecule has 0 aliphatic carbocycles. The molecule has 9 heteroatoms. The van der Waals surface area contributed by atoms with Gasteiger partial charge in [0, 0.05) is 20.3 Å². The van der Waals surface area contributed by atoms with E-state index in [0.29, 0.717) is 24.4 Å². The molecule has 30 heavy (non-hydrogen) atoms. The Hall–Kier alpha value is -2.65. The first-order valence-electron chi connectivity index (χ1n) is 9.39. The number of fused-ring (bicyclic) bond motifs is 1. The molecule has 1 aliphatic rings. The Morgan fingerprint density at radius 2 is 1.90 bits per heavy atom. The predicted molar refractivity (Wildman–Crippen MR) is 110 cm³/mol. The Kier molecular flexibility index (Phi) is 6.62. The minimum atomic E-state index is -4.58. The number of likely N-dealkylation sites (N-methyl/N-ethyl adjacent to an activating group) is 1. The number of nitrogens with zero attached hydrogens (tertiary/aromatic N) is 2. The van der Waals surface area contributed by atoms with E-state index in [1.807, 2.05) is 0 Å². The maximum atomic E-state index is 13.4. The second-order valence-corrected chi connectivity index (χ2v) is 7.52. The first kappa shape index (κ1) is 22.0. The Labute approximate surface area is 176 Å². The number of amides is 2. The first-order chi connectivity index (χ1) is 14.3. The van der Waals surface area contributed by atoms with Crippen LogP contribution in [0.5, 0.6) is 0 Å². The van der Waals surface area contributed by atoms with Gasteiger partial charge >= 0.3 is 6.18 Å². The molecule has 2 aromatic rings. The zero-order valence-corrected chi connectivity index (χ0v) is 17.3. The Balaban J connectivity index is 2.20. The number of benzene rings is 1. The number of allylic oxidation sites excluding steroid dienone is 1. The molecule has 5 nitrogen and oxygen atoms in total. The van der Waals surface area contributed by atoms with Crippen molar-refractivity contribution < 1.29 is 27.5 Å². The maximum Gasteiger partial charge on any atom is 0.416 e. The lowest BCUT2D eigenvalue weighted by Crippen LogP contribution is -2.34. The Morgan fingerprint density at radius 3 is 2.50 bits per heavy atom. The number of rotatable bonds is 6.